The van der Waals surface area contributed by atoms with Crippen molar-refractivity contribution in [1.82, 2.24) is 15.5 Å². The number of amides is 4. The van der Waals surface area contributed by atoms with Crippen LogP contribution in [0.3, 0.4) is 0 Å². The van der Waals surface area contributed by atoms with Crippen molar-refractivity contribution in [1.29, 1.82) is 0 Å². The largest absolute Gasteiger partial charge is 0.479 e. The molecule has 1 aromatic heterocycles. The molecule has 5 aromatic rings. The van der Waals surface area contributed by atoms with E-state index in [4.69, 9.17) is 21.4 Å². The minimum absolute atomic E-state index is 0.0446. The van der Waals surface area contributed by atoms with Gasteiger partial charge in [-0.25, -0.2) is 14.4 Å². The second kappa shape index (κ2) is 25.9. The van der Waals surface area contributed by atoms with Gasteiger partial charge in [0.15, 0.2) is 23.5 Å². The van der Waals surface area contributed by atoms with Gasteiger partial charge in [0, 0.05) is 72.1 Å². The lowest BCUT2D eigenvalue weighted by Gasteiger charge is -2.32. The number of carboxylic acid groups (broad SMARTS) is 2. The Hall–Kier alpha value is -5.79. The van der Waals surface area contributed by atoms with Gasteiger partial charge in [0.2, 0.25) is 11.8 Å². The molecule has 2 atom stereocenters. The number of aromatic carboxylic acids is 1. The third-order valence-corrected chi connectivity index (χ3v) is 15.4. The Kier molecular flexibility index (Phi) is 19.8. The Bertz CT molecular complexity index is 2680. The van der Waals surface area contributed by atoms with Gasteiger partial charge in [-0.1, -0.05) is 93.2 Å². The number of benzene rings is 4. The van der Waals surface area contributed by atoms with Gasteiger partial charge in [0.05, 0.1) is 4.88 Å². The highest BCUT2D eigenvalue weighted by Crippen LogP contribution is 2.46. The average molecular weight is 1030 g/mol. The van der Waals surface area contributed by atoms with Gasteiger partial charge in [-0.15, -0.1) is 11.3 Å². The normalized spacial score (nSPS) is 15.0. The maximum absolute atomic E-state index is 13.5. The molecule has 7 rings (SSSR count). The number of aliphatic carboxylic acids is 1. The van der Waals surface area contributed by atoms with Crippen LogP contribution in [0, 0.1) is 0 Å². The summed E-state index contributed by atoms with van der Waals surface area (Å²) >= 11 is 13.0. The molecule has 0 aliphatic carbocycles. The van der Waals surface area contributed by atoms with Gasteiger partial charge >= 0.3 is 18.0 Å². The third kappa shape index (κ3) is 13.7. The Balaban J connectivity index is 0.000000305. The number of hydrogen-bond donors (Lipinski definition) is 6. The fourth-order valence-corrected chi connectivity index (χ4v) is 11.0. The number of carbonyl (C=O) groups excluding carboxylic acids is 4. The highest BCUT2D eigenvalue weighted by molar-refractivity contribution is 7.99. The molecular formula is C51H59ClN6O9S3. The second-order valence-corrected chi connectivity index (χ2v) is 20.0. The molecular weight excluding hydrogens is 972 g/mol. The summed E-state index contributed by atoms with van der Waals surface area (Å²) in [5, 5.41) is 26.1. The number of piperidine rings is 1. The van der Waals surface area contributed by atoms with Crippen LogP contribution in [0.15, 0.2) is 78.9 Å². The maximum atomic E-state index is 13.5. The smallest absolute Gasteiger partial charge is 0.349 e. The molecule has 2 unspecified atom stereocenters. The van der Waals surface area contributed by atoms with Crippen LogP contribution in [0.5, 0.6) is 5.75 Å². The molecule has 5 N–H and O–H groups in total. The van der Waals surface area contributed by atoms with Crippen molar-refractivity contribution in [2.45, 2.75) is 75.8 Å². The van der Waals surface area contributed by atoms with Gasteiger partial charge in [0.1, 0.15) is 11.1 Å². The number of hydrogen-bond acceptors (Lipinski definition) is 13. The average Bonchev–Trinajstić information content (AvgIpc) is 3.90. The Morgan fingerprint density at radius 1 is 1.04 bits per heavy atom. The van der Waals surface area contributed by atoms with Crippen LogP contribution in [-0.4, -0.2) is 109 Å². The number of aryl methyl sites for hydroxylation is 1. The summed E-state index contributed by atoms with van der Waals surface area (Å²) in [4.78, 5) is 77.9. The van der Waals surface area contributed by atoms with Crippen molar-refractivity contribution in [3.05, 3.63) is 105 Å². The number of anilines is 3. The van der Waals surface area contributed by atoms with E-state index < -0.39 is 24.6 Å². The fourth-order valence-electron chi connectivity index (χ4n) is 8.51. The number of urea groups is 1. The van der Waals surface area contributed by atoms with E-state index in [1.807, 2.05) is 57.8 Å². The van der Waals surface area contributed by atoms with Gasteiger partial charge in [0.25, 0.3) is 0 Å². The quantitative estimate of drug-likeness (QED) is 0.0157. The summed E-state index contributed by atoms with van der Waals surface area (Å²) in [6.45, 7) is 7.90. The molecule has 0 spiro atoms. The molecule has 0 radical (unpaired) electrons. The minimum Gasteiger partial charge on any atom is -0.479 e. The molecule has 2 fully saturated rings. The number of imide groups is 1. The van der Waals surface area contributed by atoms with E-state index >= 15 is 0 Å². The van der Waals surface area contributed by atoms with Gasteiger partial charge in [-0.05, 0) is 97.6 Å². The zero-order valence-corrected chi connectivity index (χ0v) is 42.7. The summed E-state index contributed by atoms with van der Waals surface area (Å²) in [7, 11) is 1.84. The molecule has 2 aliphatic heterocycles. The van der Waals surface area contributed by atoms with E-state index in [-0.39, 0.29) is 39.9 Å². The Morgan fingerprint density at radius 3 is 2.56 bits per heavy atom. The first-order valence-electron chi connectivity index (χ1n) is 23.2. The number of fused-ring (bicyclic) bond motifs is 1. The van der Waals surface area contributed by atoms with Gasteiger partial charge in [-0.3, -0.25) is 24.6 Å². The number of nitrogens with zero attached hydrogens (tertiary/aromatic N) is 3. The Labute approximate surface area is 426 Å². The van der Waals surface area contributed by atoms with E-state index in [1.165, 1.54) is 24.8 Å². The van der Waals surface area contributed by atoms with Crippen LogP contribution in [-0.2, 0) is 26.6 Å². The van der Waals surface area contributed by atoms with E-state index in [0.717, 1.165) is 77.0 Å². The van der Waals surface area contributed by atoms with Crippen LogP contribution in [0.4, 0.5) is 21.9 Å². The number of carbonyl (C=O) groups is 6. The monoisotopic (exact) mass is 1030 g/mol. The molecule has 4 amide bonds. The van der Waals surface area contributed by atoms with Crippen LogP contribution < -0.4 is 29.9 Å². The summed E-state index contributed by atoms with van der Waals surface area (Å²) in [5.41, 5.74) is 6.01. The van der Waals surface area contributed by atoms with Crippen molar-refractivity contribution < 1.29 is 43.7 Å². The number of ether oxygens (including phenoxy) is 1. The first-order chi connectivity index (χ1) is 33.7. The van der Waals surface area contributed by atoms with E-state index in [0.29, 0.717) is 53.0 Å². The summed E-state index contributed by atoms with van der Waals surface area (Å²) in [5.74, 6) is -2.23. The minimum atomic E-state index is -1.23. The molecule has 2 aliphatic rings. The van der Waals surface area contributed by atoms with Crippen molar-refractivity contribution in [2.24, 2.45) is 0 Å². The van der Waals surface area contributed by atoms with Crippen molar-refractivity contribution in [2.75, 3.05) is 60.9 Å². The number of nitrogens with one attached hydrogen (secondary N) is 3. The number of aldehydes is 1. The number of thiol groups is 1. The number of thioether (sulfide) groups is 1. The van der Waals surface area contributed by atoms with Gasteiger partial charge in [-0.2, -0.15) is 11.8 Å². The molecule has 372 valence electrons. The lowest BCUT2D eigenvalue weighted by Crippen LogP contribution is -2.51. The first-order valence-corrected chi connectivity index (χ1v) is 25.9. The number of likely N-dealkylation sites (N-methyl/N-ethyl adjacent to an activating group) is 1. The molecule has 3 heterocycles. The molecule has 4 aromatic carbocycles. The summed E-state index contributed by atoms with van der Waals surface area (Å²) in [6, 6.07) is 24.7. The molecule has 15 nitrogen and oxygen atoms in total. The number of carboxylic acids is 2. The molecule has 2 saturated heterocycles. The van der Waals surface area contributed by atoms with Crippen LogP contribution in [0.1, 0.15) is 83.5 Å². The number of halogens is 1. The highest BCUT2D eigenvalue weighted by Gasteiger charge is 2.32. The number of unbranched alkanes of at least 4 members (excludes halogenated alkanes) is 1. The van der Waals surface area contributed by atoms with E-state index in [2.05, 4.69) is 66.3 Å². The van der Waals surface area contributed by atoms with Crippen molar-refractivity contribution in [3.63, 3.8) is 0 Å². The van der Waals surface area contributed by atoms with Crippen molar-refractivity contribution in [3.8, 4) is 16.2 Å². The predicted octanol–water partition coefficient (Wildman–Crippen LogP) is 9.66. The van der Waals surface area contributed by atoms with Crippen LogP contribution >= 0.6 is 47.5 Å². The zero-order chi connectivity index (χ0) is 50.3. The predicted molar refractivity (Wildman–Crippen MR) is 284 cm³/mol. The fraction of sp³-hybridized carbons (Fsp3) is 0.373. The van der Waals surface area contributed by atoms with Gasteiger partial charge < -0.3 is 34.8 Å². The van der Waals surface area contributed by atoms with Crippen LogP contribution in [0.25, 0.3) is 21.2 Å². The summed E-state index contributed by atoms with van der Waals surface area (Å²) < 4.78 is 7.69. The third-order valence-electron chi connectivity index (χ3n) is 12.1. The lowest BCUT2D eigenvalue weighted by molar-refractivity contribution is -0.139. The number of thiophene rings is 1. The lowest BCUT2D eigenvalue weighted by atomic mass is 9.94. The molecule has 0 bridgehead atoms. The summed E-state index contributed by atoms with van der Waals surface area (Å²) in [6.07, 6.45) is 6.76. The maximum Gasteiger partial charge on any atom is 0.349 e. The standard InChI is InChI=1S/C38H49N5O4S.C13H10ClNO5S2/c1-4-39-20-6-5-10-27(2)48-26-28-11-7-14-31(24-28)43-23-22-42(38(43)47)21-9-13-29-16-17-33(36-30(25-44)12-8-15-32(29)36)41(3)34-18-19-35(45)40-37(34)46;14-9-10(20-5-8(16)17)12(13(18)19)22-11(9)6-2-1-3-7(4-6)15-21/h7-8,11-12,14-17,24-25,27,34,39H,4-6,9-10,13,18-23,26H2,1-3H3,(H,40,45,46);1-4,15,21H,5H2,(H,16,17)(H,18,19). The second-order valence-electron chi connectivity index (χ2n) is 17.0. The topological polar surface area (TPSA) is 198 Å². The number of rotatable bonds is 23. The SMILES string of the molecule is CCNCCCCC(C)SCc1cccc(N2CCN(CCCc3ccc(N(C)C4CCC(=O)NC4=O)c4c(C=O)cccc34)C2=O)c1.O=C(O)COc1c(C(=O)O)sc(-c2cccc(NS)c2)c1Cl. The molecule has 70 heavy (non-hydrogen) atoms. The molecule has 19 heteroatoms. The van der Waals surface area contributed by atoms with Crippen LogP contribution in [0.2, 0.25) is 5.02 Å². The highest BCUT2D eigenvalue weighted by atomic mass is 35.5. The van der Waals surface area contributed by atoms with E-state index in [1.54, 1.807) is 30.3 Å². The molecule has 0 saturated carbocycles. The van der Waals surface area contributed by atoms with Crippen molar-refractivity contribution >= 4 is 111 Å². The zero-order valence-electron chi connectivity index (χ0n) is 39.4. The van der Waals surface area contributed by atoms with E-state index in [9.17, 15) is 33.9 Å². The first kappa shape index (κ1) is 53.6. The Morgan fingerprint density at radius 2 is 1.83 bits per heavy atom.